The van der Waals surface area contributed by atoms with Crippen molar-refractivity contribution in [3.8, 4) is 11.8 Å². The smallest absolute Gasteiger partial charge is 0.272 e. The van der Waals surface area contributed by atoms with Gasteiger partial charge in [-0.05, 0) is 82.8 Å². The van der Waals surface area contributed by atoms with Gasteiger partial charge in [0.2, 0.25) is 5.91 Å². The van der Waals surface area contributed by atoms with Gasteiger partial charge in [0.1, 0.15) is 11.8 Å². The number of piperazine rings is 1. The molecule has 10 nitrogen and oxygen atoms in total. The third kappa shape index (κ3) is 7.39. The SMILES string of the molecule is Cc1c(OC2CCC(NC(=O)c3ccc(N4CCN(C(=O)C5CCNCC5)CC4)nn3)CC2)ccc(C#N)c1Cl.Cl. The second-order valence-electron chi connectivity index (χ2n) is 10.8. The van der Waals surface area contributed by atoms with Crippen LogP contribution in [0.4, 0.5) is 5.82 Å². The fourth-order valence-corrected chi connectivity index (χ4v) is 5.94. The normalized spacial score (nSPS) is 21.4. The molecule has 1 aromatic carbocycles. The van der Waals surface area contributed by atoms with Crippen molar-refractivity contribution in [2.75, 3.05) is 44.2 Å². The summed E-state index contributed by atoms with van der Waals surface area (Å²) in [5, 5.41) is 24.5. The highest BCUT2D eigenvalue weighted by Gasteiger charge is 2.29. The van der Waals surface area contributed by atoms with E-state index in [1.54, 1.807) is 18.2 Å². The van der Waals surface area contributed by atoms with Crippen molar-refractivity contribution in [3.63, 3.8) is 0 Å². The van der Waals surface area contributed by atoms with E-state index in [0.29, 0.717) is 48.2 Å². The standard InChI is InChI=1S/C29H36ClN7O3.ClH/c1-19-25(8-2-21(18-31)27(19)30)40-23-5-3-22(4-6-23)33-28(38)24-7-9-26(35-34-24)36-14-16-37(17-15-36)29(39)20-10-12-32-13-11-20;/h2,7-9,20,22-23,32H,3-6,10-17H2,1H3,(H,33,38);1H. The third-order valence-electron chi connectivity index (χ3n) is 8.25. The highest BCUT2D eigenvalue weighted by molar-refractivity contribution is 6.32. The number of hydrogen-bond donors (Lipinski definition) is 2. The van der Waals surface area contributed by atoms with E-state index in [9.17, 15) is 9.59 Å². The largest absolute Gasteiger partial charge is 0.490 e. The van der Waals surface area contributed by atoms with Crippen LogP contribution in [0.15, 0.2) is 24.3 Å². The molecule has 2 saturated heterocycles. The van der Waals surface area contributed by atoms with Crippen molar-refractivity contribution < 1.29 is 14.3 Å². The van der Waals surface area contributed by atoms with Gasteiger partial charge in [-0.25, -0.2) is 0 Å². The van der Waals surface area contributed by atoms with Gasteiger partial charge in [-0.15, -0.1) is 22.6 Å². The number of aromatic nitrogens is 2. The number of piperidine rings is 1. The molecular weight excluding hydrogens is 565 g/mol. The van der Waals surface area contributed by atoms with Crippen molar-refractivity contribution in [3.05, 3.63) is 46.1 Å². The van der Waals surface area contributed by atoms with Crippen LogP contribution in [0.25, 0.3) is 0 Å². The number of ether oxygens (including phenoxy) is 1. The van der Waals surface area contributed by atoms with Gasteiger partial charge in [0.05, 0.1) is 16.7 Å². The van der Waals surface area contributed by atoms with Gasteiger partial charge >= 0.3 is 0 Å². The molecule has 2 N–H and O–H groups in total. The lowest BCUT2D eigenvalue weighted by Crippen LogP contribution is -2.51. The zero-order valence-electron chi connectivity index (χ0n) is 23.3. The lowest BCUT2D eigenvalue weighted by atomic mass is 9.92. The van der Waals surface area contributed by atoms with Gasteiger partial charge in [-0.2, -0.15) is 5.26 Å². The summed E-state index contributed by atoms with van der Waals surface area (Å²) in [6, 6.07) is 9.16. The van der Waals surface area contributed by atoms with Crippen molar-refractivity contribution >= 4 is 41.6 Å². The summed E-state index contributed by atoms with van der Waals surface area (Å²) in [6.07, 6.45) is 5.06. The molecule has 2 amide bonds. The first kappa shape index (κ1) is 30.8. The minimum absolute atomic E-state index is 0. The Labute approximate surface area is 252 Å². The van der Waals surface area contributed by atoms with Crippen LogP contribution < -0.4 is 20.3 Å². The molecule has 0 radical (unpaired) electrons. The average Bonchev–Trinajstić information content (AvgIpc) is 3.01. The molecule has 2 aliphatic heterocycles. The number of amides is 2. The zero-order chi connectivity index (χ0) is 28.1. The van der Waals surface area contributed by atoms with Crippen LogP contribution in [0, 0.1) is 24.2 Å². The van der Waals surface area contributed by atoms with Crippen LogP contribution in [0.5, 0.6) is 5.75 Å². The fraction of sp³-hybridized carbons (Fsp3) is 0.552. The predicted octanol–water partition coefficient (Wildman–Crippen LogP) is 3.50. The lowest BCUT2D eigenvalue weighted by Gasteiger charge is -2.37. The molecule has 0 spiro atoms. The predicted molar refractivity (Wildman–Crippen MR) is 159 cm³/mol. The highest BCUT2D eigenvalue weighted by atomic mass is 35.5. The maximum atomic E-state index is 12.8. The van der Waals surface area contributed by atoms with Gasteiger partial charge < -0.3 is 25.2 Å². The van der Waals surface area contributed by atoms with Crippen LogP contribution in [-0.4, -0.2) is 78.3 Å². The number of nitriles is 1. The first-order valence-corrected chi connectivity index (χ1v) is 14.6. The van der Waals surface area contributed by atoms with E-state index >= 15 is 0 Å². The molecule has 0 unspecified atom stereocenters. The van der Waals surface area contributed by atoms with E-state index in [1.165, 1.54) is 0 Å². The Balaban J connectivity index is 0.00000387. The summed E-state index contributed by atoms with van der Waals surface area (Å²) in [7, 11) is 0. The summed E-state index contributed by atoms with van der Waals surface area (Å²) >= 11 is 6.27. The quantitative estimate of drug-likeness (QED) is 0.515. The van der Waals surface area contributed by atoms with Gasteiger partial charge in [-0.3, -0.25) is 9.59 Å². The summed E-state index contributed by atoms with van der Waals surface area (Å²) in [4.78, 5) is 29.7. The molecule has 3 heterocycles. The average molecular weight is 603 g/mol. The number of nitrogens with one attached hydrogen (secondary N) is 2. The van der Waals surface area contributed by atoms with Crippen LogP contribution in [0.2, 0.25) is 5.02 Å². The minimum atomic E-state index is -0.226. The van der Waals surface area contributed by atoms with Crippen molar-refractivity contribution in [2.24, 2.45) is 5.92 Å². The monoisotopic (exact) mass is 601 g/mol. The Morgan fingerprint density at radius 1 is 1.02 bits per heavy atom. The number of anilines is 1. The van der Waals surface area contributed by atoms with Crippen molar-refractivity contribution in [1.29, 1.82) is 5.26 Å². The summed E-state index contributed by atoms with van der Waals surface area (Å²) in [6.45, 7) is 6.45. The number of benzene rings is 1. The van der Waals surface area contributed by atoms with Crippen LogP contribution in [0.1, 0.15) is 60.1 Å². The fourth-order valence-electron chi connectivity index (χ4n) is 5.74. The molecule has 220 valence electrons. The Bertz CT molecular complexity index is 1250. The van der Waals surface area contributed by atoms with E-state index in [0.717, 1.165) is 63.0 Å². The molecular formula is C29H37Cl2N7O3. The number of carbonyl (C=O) groups is 2. The maximum Gasteiger partial charge on any atom is 0.272 e. The van der Waals surface area contributed by atoms with Gasteiger partial charge in [0.15, 0.2) is 11.5 Å². The molecule has 12 heteroatoms. The molecule has 3 aliphatic rings. The van der Waals surface area contributed by atoms with Crippen LogP contribution in [-0.2, 0) is 4.79 Å². The number of hydrogen-bond acceptors (Lipinski definition) is 8. The second-order valence-corrected chi connectivity index (χ2v) is 11.2. The summed E-state index contributed by atoms with van der Waals surface area (Å²) < 4.78 is 6.17. The van der Waals surface area contributed by atoms with E-state index in [1.807, 2.05) is 17.9 Å². The first-order chi connectivity index (χ1) is 19.4. The molecule has 0 atom stereocenters. The molecule has 1 aromatic heterocycles. The van der Waals surface area contributed by atoms with Crippen LogP contribution >= 0.6 is 24.0 Å². The Morgan fingerprint density at radius 3 is 2.37 bits per heavy atom. The first-order valence-electron chi connectivity index (χ1n) is 14.2. The molecule has 3 fully saturated rings. The van der Waals surface area contributed by atoms with E-state index < -0.39 is 0 Å². The van der Waals surface area contributed by atoms with Crippen LogP contribution in [0.3, 0.4) is 0 Å². The molecule has 5 rings (SSSR count). The molecule has 0 bridgehead atoms. The highest BCUT2D eigenvalue weighted by Crippen LogP contribution is 2.32. The van der Waals surface area contributed by atoms with E-state index in [4.69, 9.17) is 21.6 Å². The van der Waals surface area contributed by atoms with Crippen molar-refractivity contribution in [2.45, 2.75) is 57.6 Å². The topological polar surface area (TPSA) is 123 Å². The Hall–Kier alpha value is -3.13. The number of halogens is 2. The van der Waals surface area contributed by atoms with Gasteiger partial charge in [-0.1, -0.05) is 11.6 Å². The molecule has 1 aliphatic carbocycles. The minimum Gasteiger partial charge on any atom is -0.490 e. The molecule has 1 saturated carbocycles. The second kappa shape index (κ2) is 14.2. The lowest BCUT2D eigenvalue weighted by molar-refractivity contribution is -0.136. The zero-order valence-corrected chi connectivity index (χ0v) is 24.8. The van der Waals surface area contributed by atoms with E-state index in [2.05, 4.69) is 31.8 Å². The number of rotatable bonds is 6. The summed E-state index contributed by atoms with van der Waals surface area (Å²) in [5.41, 5.74) is 1.51. The molecule has 41 heavy (non-hydrogen) atoms. The summed E-state index contributed by atoms with van der Waals surface area (Å²) in [5.74, 6) is 1.60. The van der Waals surface area contributed by atoms with Gasteiger partial charge in [0, 0.05) is 43.7 Å². The Kier molecular flexibility index (Phi) is 10.6. The third-order valence-corrected chi connectivity index (χ3v) is 8.73. The van der Waals surface area contributed by atoms with Crippen molar-refractivity contribution in [1.82, 2.24) is 25.7 Å². The number of carbonyl (C=O) groups excluding carboxylic acids is 2. The van der Waals surface area contributed by atoms with E-state index in [-0.39, 0.29) is 42.3 Å². The number of nitrogens with zero attached hydrogens (tertiary/aromatic N) is 5. The molecule has 2 aromatic rings. The van der Waals surface area contributed by atoms with Gasteiger partial charge in [0.25, 0.3) is 5.91 Å². The Morgan fingerprint density at radius 2 is 1.73 bits per heavy atom. The maximum absolute atomic E-state index is 12.8.